The molecule has 2 aliphatic rings. The summed E-state index contributed by atoms with van der Waals surface area (Å²) in [6, 6.07) is 6.56. The first-order chi connectivity index (χ1) is 13.5. The summed E-state index contributed by atoms with van der Waals surface area (Å²) >= 11 is 0. The minimum absolute atomic E-state index is 0.0887. The van der Waals surface area contributed by atoms with E-state index in [0.717, 1.165) is 44.1 Å². The first kappa shape index (κ1) is 18.7. The number of nitrogens with zero attached hydrogens (tertiary/aromatic N) is 3. The summed E-state index contributed by atoms with van der Waals surface area (Å²) in [5.41, 5.74) is 0.349. The van der Waals surface area contributed by atoms with E-state index in [9.17, 15) is 14.0 Å². The van der Waals surface area contributed by atoms with Gasteiger partial charge in [-0.25, -0.2) is 9.18 Å². The number of halogens is 1. The Morgan fingerprint density at radius 2 is 1.89 bits per heavy atom. The van der Waals surface area contributed by atoms with E-state index in [1.54, 1.807) is 16.9 Å². The molecule has 0 spiro atoms. The van der Waals surface area contributed by atoms with Crippen molar-refractivity contribution in [2.24, 2.45) is 0 Å². The highest BCUT2D eigenvalue weighted by Gasteiger charge is 2.45. The molecule has 0 bridgehead atoms. The minimum atomic E-state index is -0.989. The predicted molar refractivity (Wildman–Crippen MR) is 101 cm³/mol. The van der Waals surface area contributed by atoms with Crippen LogP contribution in [0.3, 0.4) is 0 Å². The van der Waals surface area contributed by atoms with Crippen LogP contribution in [0.25, 0.3) is 0 Å². The molecule has 28 heavy (non-hydrogen) atoms. The van der Waals surface area contributed by atoms with E-state index in [4.69, 9.17) is 5.11 Å². The first-order valence-corrected chi connectivity index (χ1v) is 9.82. The maximum Gasteiger partial charge on any atom is 0.338 e. The van der Waals surface area contributed by atoms with Crippen molar-refractivity contribution in [1.29, 1.82) is 0 Å². The van der Waals surface area contributed by atoms with Crippen molar-refractivity contribution in [2.75, 3.05) is 13.1 Å². The summed E-state index contributed by atoms with van der Waals surface area (Å²) < 4.78 is 15.5. The van der Waals surface area contributed by atoms with Gasteiger partial charge in [-0.05, 0) is 43.4 Å². The number of carboxylic acid groups (broad SMARTS) is 1. The van der Waals surface area contributed by atoms with Crippen LogP contribution in [0.5, 0.6) is 0 Å². The number of likely N-dealkylation sites (tertiary alicyclic amines) is 1. The zero-order chi connectivity index (χ0) is 19.7. The Hall–Kier alpha value is -2.70. The quantitative estimate of drug-likeness (QED) is 0.875. The molecule has 4 rings (SSSR count). The molecule has 2 heterocycles. The molecule has 0 unspecified atom stereocenters. The van der Waals surface area contributed by atoms with Crippen molar-refractivity contribution >= 4 is 11.9 Å². The Morgan fingerprint density at radius 1 is 1.18 bits per heavy atom. The lowest BCUT2D eigenvalue weighted by Crippen LogP contribution is -2.48. The lowest BCUT2D eigenvalue weighted by atomic mass is 9.77. The van der Waals surface area contributed by atoms with Crippen molar-refractivity contribution in [2.45, 2.75) is 50.0 Å². The summed E-state index contributed by atoms with van der Waals surface area (Å²) in [5, 5.41) is 13.2. The van der Waals surface area contributed by atoms with E-state index in [0.29, 0.717) is 13.1 Å². The summed E-state index contributed by atoms with van der Waals surface area (Å²) in [7, 11) is 0. The van der Waals surface area contributed by atoms with Crippen molar-refractivity contribution in [3.8, 4) is 0 Å². The number of benzene rings is 1. The average Bonchev–Trinajstić information content (AvgIpc) is 3.38. The second-order valence-electron chi connectivity index (χ2n) is 7.84. The van der Waals surface area contributed by atoms with E-state index in [1.807, 2.05) is 11.0 Å². The molecule has 1 amide bonds. The van der Waals surface area contributed by atoms with Crippen LogP contribution in [0.1, 0.15) is 60.5 Å². The molecule has 1 aromatic heterocycles. The van der Waals surface area contributed by atoms with Crippen molar-refractivity contribution in [1.82, 2.24) is 14.7 Å². The molecule has 2 fully saturated rings. The van der Waals surface area contributed by atoms with Gasteiger partial charge in [0.2, 0.25) is 5.91 Å². The van der Waals surface area contributed by atoms with Crippen molar-refractivity contribution < 1.29 is 19.1 Å². The van der Waals surface area contributed by atoms with Gasteiger partial charge >= 0.3 is 5.97 Å². The first-order valence-electron chi connectivity index (χ1n) is 9.82. The zero-order valence-electron chi connectivity index (χ0n) is 15.7. The molecule has 148 valence electrons. The van der Waals surface area contributed by atoms with Crippen LogP contribution in [-0.2, 0) is 10.2 Å². The van der Waals surface area contributed by atoms with Crippen LogP contribution in [0.4, 0.5) is 4.39 Å². The molecule has 2 aromatic rings. The smallest absolute Gasteiger partial charge is 0.338 e. The molecule has 6 nitrogen and oxygen atoms in total. The summed E-state index contributed by atoms with van der Waals surface area (Å²) in [4.78, 5) is 26.4. The zero-order valence-corrected chi connectivity index (χ0v) is 15.7. The topological polar surface area (TPSA) is 75.4 Å². The lowest BCUT2D eigenvalue weighted by molar-refractivity contribution is -0.138. The van der Waals surface area contributed by atoms with Gasteiger partial charge in [-0.15, -0.1) is 0 Å². The summed E-state index contributed by atoms with van der Waals surface area (Å²) in [6.45, 7) is 1.20. The maximum absolute atomic E-state index is 13.8. The number of rotatable bonds is 4. The summed E-state index contributed by atoms with van der Waals surface area (Å²) in [6.07, 6.45) is 7.84. The number of aromatic carboxylic acids is 1. The molecule has 1 aliphatic heterocycles. The largest absolute Gasteiger partial charge is 0.478 e. The normalized spacial score (nSPS) is 19.7. The lowest BCUT2D eigenvalue weighted by Gasteiger charge is -2.39. The van der Waals surface area contributed by atoms with Gasteiger partial charge in [-0.1, -0.05) is 25.0 Å². The van der Waals surface area contributed by atoms with Crippen LogP contribution < -0.4 is 0 Å². The second kappa shape index (κ2) is 7.37. The van der Waals surface area contributed by atoms with E-state index in [1.165, 1.54) is 18.3 Å². The average molecular weight is 385 g/mol. The van der Waals surface area contributed by atoms with Gasteiger partial charge in [0, 0.05) is 19.3 Å². The van der Waals surface area contributed by atoms with Crippen LogP contribution in [0, 0.1) is 5.82 Å². The fourth-order valence-corrected chi connectivity index (χ4v) is 4.68. The number of piperidine rings is 1. The molecule has 0 atom stereocenters. The number of hydrogen-bond donors (Lipinski definition) is 1. The van der Waals surface area contributed by atoms with Crippen LogP contribution in [-0.4, -0.2) is 44.8 Å². The van der Waals surface area contributed by atoms with Gasteiger partial charge in [0.05, 0.1) is 23.2 Å². The second-order valence-corrected chi connectivity index (χ2v) is 7.84. The number of amides is 1. The minimum Gasteiger partial charge on any atom is -0.478 e. The molecular weight excluding hydrogens is 361 g/mol. The van der Waals surface area contributed by atoms with E-state index in [2.05, 4.69) is 5.10 Å². The standard InChI is InChI=1S/C21H24FN3O3/c22-17-5-3-4-16(12-17)21(8-1-2-9-21)20(28)24-10-6-18(7-11-24)25-14-15(13-23-25)19(26)27/h3-5,12-14,18H,1-2,6-11H2,(H,26,27). The van der Waals surface area contributed by atoms with Gasteiger partial charge in [0.15, 0.2) is 0 Å². The molecule has 7 heteroatoms. The number of carboxylic acids is 1. The molecular formula is C21H24FN3O3. The third kappa shape index (κ3) is 3.30. The van der Waals surface area contributed by atoms with Gasteiger partial charge in [-0.3, -0.25) is 9.48 Å². The summed E-state index contributed by atoms with van der Waals surface area (Å²) in [5.74, 6) is -1.19. The SMILES string of the molecule is O=C(O)c1cnn(C2CCN(C(=O)C3(c4cccc(F)c4)CCCC3)CC2)c1. The molecule has 1 N–H and O–H groups in total. The third-order valence-corrected chi connectivity index (χ3v) is 6.22. The fraction of sp³-hybridized carbons (Fsp3) is 0.476. The van der Waals surface area contributed by atoms with Crippen LogP contribution in [0.15, 0.2) is 36.7 Å². The van der Waals surface area contributed by atoms with Crippen molar-refractivity contribution in [3.63, 3.8) is 0 Å². The Labute approximate surface area is 163 Å². The van der Waals surface area contributed by atoms with Crippen LogP contribution >= 0.6 is 0 Å². The van der Waals surface area contributed by atoms with Gasteiger partial charge in [0.25, 0.3) is 0 Å². The van der Waals surface area contributed by atoms with Gasteiger partial charge in [-0.2, -0.15) is 5.10 Å². The third-order valence-electron chi connectivity index (χ3n) is 6.22. The van der Waals surface area contributed by atoms with E-state index < -0.39 is 11.4 Å². The van der Waals surface area contributed by atoms with Gasteiger partial charge in [0.1, 0.15) is 5.82 Å². The van der Waals surface area contributed by atoms with Crippen molar-refractivity contribution in [3.05, 3.63) is 53.6 Å². The number of hydrogen-bond acceptors (Lipinski definition) is 3. The maximum atomic E-state index is 13.8. The van der Waals surface area contributed by atoms with E-state index in [-0.39, 0.29) is 23.3 Å². The molecule has 0 radical (unpaired) electrons. The monoisotopic (exact) mass is 385 g/mol. The van der Waals surface area contributed by atoms with Crippen LogP contribution in [0.2, 0.25) is 0 Å². The molecule has 1 saturated heterocycles. The molecule has 1 aliphatic carbocycles. The Kier molecular flexibility index (Phi) is 4.91. The number of carbonyl (C=O) groups excluding carboxylic acids is 1. The van der Waals surface area contributed by atoms with E-state index >= 15 is 0 Å². The molecule has 1 saturated carbocycles. The number of aromatic nitrogens is 2. The Balaban J connectivity index is 1.48. The number of carbonyl (C=O) groups is 2. The molecule has 1 aromatic carbocycles. The highest BCUT2D eigenvalue weighted by Crippen LogP contribution is 2.43. The van der Waals surface area contributed by atoms with Gasteiger partial charge < -0.3 is 10.0 Å². The highest BCUT2D eigenvalue weighted by atomic mass is 19.1. The Morgan fingerprint density at radius 3 is 2.50 bits per heavy atom. The Bertz CT molecular complexity index is 881. The fourth-order valence-electron chi connectivity index (χ4n) is 4.68. The highest BCUT2D eigenvalue weighted by molar-refractivity contribution is 5.89. The predicted octanol–water partition coefficient (Wildman–Crippen LogP) is 3.40.